The highest BCUT2D eigenvalue weighted by atomic mass is 14.5. The van der Waals surface area contributed by atoms with Crippen molar-refractivity contribution in [1.82, 2.24) is 0 Å². The van der Waals surface area contributed by atoms with Crippen LogP contribution in [-0.2, 0) is 6.42 Å². The molecule has 36 heavy (non-hydrogen) atoms. The fourth-order valence-corrected chi connectivity index (χ4v) is 4.95. The van der Waals surface area contributed by atoms with E-state index < -0.39 is 0 Å². The third-order valence-electron chi connectivity index (χ3n) is 7.51. The van der Waals surface area contributed by atoms with Crippen molar-refractivity contribution in [2.75, 3.05) is 5.73 Å². The molecule has 0 aliphatic heterocycles. The van der Waals surface area contributed by atoms with Crippen LogP contribution in [0.3, 0.4) is 0 Å². The van der Waals surface area contributed by atoms with Gasteiger partial charge in [0.1, 0.15) is 0 Å². The Labute approximate surface area is 228 Å². The lowest BCUT2D eigenvalue weighted by Gasteiger charge is -2.04. The quantitative estimate of drug-likeness (QED) is 0.105. The Morgan fingerprint density at radius 1 is 0.361 bits per heavy atom. The standard InChI is InChI=1S/C24H43N.C11H24/c1-2-3-4-5-6-7-8-9-10-11-12-13-14-15-16-17-18-23-19-21-24(25)22-20-23;1-3-5-7-9-11-10-8-6-4-2/h19-22H,2-18,25H2,1H3;3-11H2,1-2H3. The molecule has 0 unspecified atom stereocenters. The predicted octanol–water partition coefficient (Wildman–Crippen LogP) is 12.6. The van der Waals surface area contributed by atoms with Gasteiger partial charge in [-0.1, -0.05) is 187 Å². The molecule has 0 radical (unpaired) electrons. The third-order valence-corrected chi connectivity index (χ3v) is 7.51. The van der Waals surface area contributed by atoms with Crippen molar-refractivity contribution < 1.29 is 0 Å². The smallest absolute Gasteiger partial charge is 0.0314 e. The molecule has 1 nitrogen and oxygen atoms in total. The van der Waals surface area contributed by atoms with Gasteiger partial charge in [-0.2, -0.15) is 0 Å². The highest BCUT2D eigenvalue weighted by molar-refractivity contribution is 5.39. The van der Waals surface area contributed by atoms with Crippen LogP contribution in [0.2, 0.25) is 0 Å². The number of rotatable bonds is 25. The summed E-state index contributed by atoms with van der Waals surface area (Å²) in [5, 5.41) is 0. The second-order valence-corrected chi connectivity index (χ2v) is 11.3. The van der Waals surface area contributed by atoms with Gasteiger partial charge in [-0.15, -0.1) is 0 Å². The lowest BCUT2D eigenvalue weighted by Crippen LogP contribution is -1.88. The summed E-state index contributed by atoms with van der Waals surface area (Å²) in [4.78, 5) is 0. The number of unbranched alkanes of at least 4 members (excludes halogenated alkanes) is 23. The summed E-state index contributed by atoms with van der Waals surface area (Å²) in [7, 11) is 0. The van der Waals surface area contributed by atoms with E-state index in [4.69, 9.17) is 5.73 Å². The lowest BCUT2D eigenvalue weighted by molar-refractivity contribution is 0.529. The molecule has 0 aliphatic carbocycles. The molecule has 1 heteroatoms. The molecule has 0 heterocycles. The maximum absolute atomic E-state index is 5.72. The van der Waals surface area contributed by atoms with Gasteiger partial charge in [0, 0.05) is 5.69 Å². The third kappa shape index (κ3) is 27.6. The van der Waals surface area contributed by atoms with Gasteiger partial charge in [0.05, 0.1) is 0 Å². The summed E-state index contributed by atoms with van der Waals surface area (Å²) in [6.45, 7) is 6.84. The minimum absolute atomic E-state index is 0.871. The molecule has 0 atom stereocenters. The highest BCUT2D eigenvalue weighted by Crippen LogP contribution is 2.15. The average molecular weight is 502 g/mol. The Morgan fingerprint density at radius 2 is 0.611 bits per heavy atom. The van der Waals surface area contributed by atoms with Gasteiger partial charge in [0.15, 0.2) is 0 Å². The Bertz CT molecular complexity index is 498. The summed E-state index contributed by atoms with van der Waals surface area (Å²) >= 11 is 0. The second kappa shape index (κ2) is 30.2. The Balaban J connectivity index is 0.000000935. The van der Waals surface area contributed by atoms with Gasteiger partial charge in [-0.3, -0.25) is 0 Å². The van der Waals surface area contributed by atoms with Crippen molar-refractivity contribution in [2.45, 2.75) is 188 Å². The first-order chi connectivity index (χ1) is 17.7. The van der Waals surface area contributed by atoms with E-state index in [2.05, 4.69) is 32.9 Å². The van der Waals surface area contributed by atoms with Gasteiger partial charge in [0.2, 0.25) is 0 Å². The van der Waals surface area contributed by atoms with Crippen molar-refractivity contribution in [2.24, 2.45) is 0 Å². The molecule has 0 bridgehead atoms. The maximum Gasteiger partial charge on any atom is 0.0314 e. The van der Waals surface area contributed by atoms with E-state index in [9.17, 15) is 0 Å². The monoisotopic (exact) mass is 502 g/mol. The molecule has 1 aromatic carbocycles. The Morgan fingerprint density at radius 3 is 0.889 bits per heavy atom. The van der Waals surface area contributed by atoms with Crippen molar-refractivity contribution in [3.8, 4) is 0 Å². The summed E-state index contributed by atoms with van der Waals surface area (Å²) in [6.07, 6.45) is 37.1. The van der Waals surface area contributed by atoms with E-state index in [1.165, 1.54) is 173 Å². The Hall–Kier alpha value is -0.980. The van der Waals surface area contributed by atoms with E-state index in [1.807, 2.05) is 12.1 Å². The number of hydrogen-bond donors (Lipinski definition) is 1. The number of aryl methyl sites for hydroxylation is 1. The Kier molecular flexibility index (Phi) is 29.4. The maximum atomic E-state index is 5.72. The van der Waals surface area contributed by atoms with Crippen molar-refractivity contribution in [3.05, 3.63) is 29.8 Å². The van der Waals surface area contributed by atoms with Crippen LogP contribution in [0, 0.1) is 0 Å². The molecule has 0 saturated heterocycles. The first-order valence-corrected chi connectivity index (χ1v) is 16.6. The van der Waals surface area contributed by atoms with Crippen LogP contribution in [-0.4, -0.2) is 0 Å². The van der Waals surface area contributed by atoms with Crippen LogP contribution >= 0.6 is 0 Å². The number of anilines is 1. The molecule has 0 aliphatic rings. The molecular formula is C35H67N. The van der Waals surface area contributed by atoms with Gasteiger partial charge >= 0.3 is 0 Å². The van der Waals surface area contributed by atoms with Crippen molar-refractivity contribution in [3.63, 3.8) is 0 Å². The predicted molar refractivity (Wildman–Crippen MR) is 167 cm³/mol. The van der Waals surface area contributed by atoms with E-state index in [0.717, 1.165) is 5.69 Å². The molecular weight excluding hydrogens is 434 g/mol. The minimum atomic E-state index is 0.871. The molecule has 1 aromatic rings. The summed E-state index contributed by atoms with van der Waals surface area (Å²) in [6, 6.07) is 8.37. The fraction of sp³-hybridized carbons (Fsp3) is 0.829. The molecule has 212 valence electrons. The largest absolute Gasteiger partial charge is 0.399 e. The molecule has 0 aromatic heterocycles. The SMILES string of the molecule is CCCCCCCCCCC.CCCCCCCCCCCCCCCCCCc1ccc(N)cc1. The summed E-state index contributed by atoms with van der Waals surface area (Å²) in [5.74, 6) is 0. The average Bonchev–Trinajstić information content (AvgIpc) is 2.89. The van der Waals surface area contributed by atoms with E-state index in [0.29, 0.717) is 0 Å². The molecule has 2 N–H and O–H groups in total. The van der Waals surface area contributed by atoms with E-state index in [-0.39, 0.29) is 0 Å². The molecule has 0 fully saturated rings. The number of nitrogens with two attached hydrogens (primary N) is 1. The molecule has 0 spiro atoms. The van der Waals surface area contributed by atoms with Gasteiger partial charge in [-0.05, 0) is 30.5 Å². The van der Waals surface area contributed by atoms with Crippen LogP contribution in [0.25, 0.3) is 0 Å². The summed E-state index contributed by atoms with van der Waals surface area (Å²) < 4.78 is 0. The first kappa shape index (κ1) is 35.0. The number of nitrogen functional groups attached to an aromatic ring is 1. The van der Waals surface area contributed by atoms with Crippen LogP contribution in [0.5, 0.6) is 0 Å². The zero-order valence-corrected chi connectivity index (χ0v) is 25.3. The number of hydrogen-bond acceptors (Lipinski definition) is 1. The van der Waals surface area contributed by atoms with Gasteiger partial charge in [-0.25, -0.2) is 0 Å². The van der Waals surface area contributed by atoms with Crippen LogP contribution in [0.4, 0.5) is 5.69 Å². The minimum Gasteiger partial charge on any atom is -0.399 e. The topological polar surface area (TPSA) is 26.0 Å². The second-order valence-electron chi connectivity index (χ2n) is 11.3. The highest BCUT2D eigenvalue weighted by Gasteiger charge is 1.96. The van der Waals surface area contributed by atoms with Gasteiger partial charge in [0.25, 0.3) is 0 Å². The van der Waals surface area contributed by atoms with E-state index >= 15 is 0 Å². The van der Waals surface area contributed by atoms with E-state index in [1.54, 1.807) is 0 Å². The normalized spacial score (nSPS) is 10.9. The zero-order chi connectivity index (χ0) is 26.4. The molecule has 0 saturated carbocycles. The molecule has 1 rings (SSSR count). The fourth-order valence-electron chi connectivity index (χ4n) is 4.95. The first-order valence-electron chi connectivity index (χ1n) is 16.6. The summed E-state index contributed by atoms with van der Waals surface area (Å²) in [5.41, 5.74) is 8.02. The lowest BCUT2D eigenvalue weighted by atomic mass is 10.0. The van der Waals surface area contributed by atoms with Crippen LogP contribution in [0.15, 0.2) is 24.3 Å². The van der Waals surface area contributed by atoms with Gasteiger partial charge < -0.3 is 5.73 Å². The van der Waals surface area contributed by atoms with Crippen molar-refractivity contribution >= 4 is 5.69 Å². The van der Waals surface area contributed by atoms with Crippen molar-refractivity contribution in [1.29, 1.82) is 0 Å². The van der Waals surface area contributed by atoms with Crippen LogP contribution < -0.4 is 5.73 Å². The van der Waals surface area contributed by atoms with Crippen LogP contribution in [0.1, 0.15) is 187 Å². The number of benzene rings is 1. The zero-order valence-electron chi connectivity index (χ0n) is 25.3. The molecule has 0 amide bonds.